The molecule has 13 heteroatoms. The normalized spacial score (nSPS) is 16.7. The van der Waals surface area contributed by atoms with E-state index >= 15 is 0 Å². The Balaban J connectivity index is 1.73. The lowest BCUT2D eigenvalue weighted by Crippen LogP contribution is -2.49. The van der Waals surface area contributed by atoms with Crippen molar-refractivity contribution in [1.29, 1.82) is 0 Å². The Kier molecular flexibility index (Phi) is 6.43. The molecule has 1 aliphatic heterocycles. The maximum absolute atomic E-state index is 13.7. The van der Waals surface area contributed by atoms with Gasteiger partial charge in [-0.05, 0) is 29.8 Å². The Morgan fingerprint density at radius 1 is 1.10 bits per heavy atom. The Morgan fingerprint density at radius 3 is 2.54 bits per heavy atom. The number of rotatable bonds is 5. The Labute approximate surface area is 223 Å². The van der Waals surface area contributed by atoms with Crippen LogP contribution in [-0.4, -0.2) is 46.1 Å². The van der Waals surface area contributed by atoms with Gasteiger partial charge in [-0.3, -0.25) is 15.0 Å². The second-order valence-corrected chi connectivity index (χ2v) is 8.90. The third-order valence-corrected chi connectivity index (χ3v) is 6.55. The number of anilines is 1. The van der Waals surface area contributed by atoms with Crippen LogP contribution in [0.3, 0.4) is 0 Å². The third kappa shape index (κ3) is 4.52. The number of hydrogen-bond donors (Lipinski definition) is 2. The number of carbonyl (C=O) groups is 3. The molecule has 0 saturated heterocycles. The zero-order valence-electron chi connectivity index (χ0n) is 20.0. The fourth-order valence-corrected chi connectivity index (χ4v) is 4.67. The number of carbonyl (C=O) groups excluding carboxylic acids is 3. The number of amides is 2. The maximum Gasteiger partial charge on any atom is 0.491 e. The van der Waals surface area contributed by atoms with Crippen LogP contribution in [0.15, 0.2) is 66.7 Å². The van der Waals surface area contributed by atoms with Crippen LogP contribution in [0.5, 0.6) is 0 Å². The summed E-state index contributed by atoms with van der Waals surface area (Å²) in [4.78, 5) is 45.8. The minimum atomic E-state index is -5.36. The van der Waals surface area contributed by atoms with Crippen molar-refractivity contribution in [3.8, 4) is 0 Å². The summed E-state index contributed by atoms with van der Waals surface area (Å²) in [7, 11) is 1.16. The summed E-state index contributed by atoms with van der Waals surface area (Å²) in [6.45, 7) is -0.283. The van der Waals surface area contributed by atoms with Crippen molar-refractivity contribution in [3.05, 3.63) is 94.0 Å². The van der Waals surface area contributed by atoms with E-state index < -0.39 is 29.9 Å². The molecular formula is C26H18ClF3N4O5. The van der Waals surface area contributed by atoms with E-state index in [1.54, 1.807) is 30.3 Å². The zero-order chi connectivity index (χ0) is 27.9. The van der Waals surface area contributed by atoms with Crippen LogP contribution in [0.2, 0.25) is 5.02 Å². The summed E-state index contributed by atoms with van der Waals surface area (Å²) in [6.07, 6.45) is -6.16. The molecule has 4 aromatic rings. The summed E-state index contributed by atoms with van der Waals surface area (Å²) in [5.41, 5.74) is -1.20. The molecule has 2 amide bonds. The van der Waals surface area contributed by atoms with Gasteiger partial charge in [0.25, 0.3) is 5.91 Å². The van der Waals surface area contributed by atoms with Gasteiger partial charge in [-0.1, -0.05) is 54.1 Å². The van der Waals surface area contributed by atoms with Crippen LogP contribution in [0.4, 0.5) is 23.9 Å². The van der Waals surface area contributed by atoms with Gasteiger partial charge in [0.05, 0.1) is 24.7 Å². The lowest BCUT2D eigenvalue weighted by atomic mass is 9.92. The van der Waals surface area contributed by atoms with E-state index in [-0.39, 0.29) is 39.7 Å². The number of aromatic amines is 1. The molecule has 200 valence electrons. The number of halogens is 4. The number of esters is 1. The summed E-state index contributed by atoms with van der Waals surface area (Å²) in [5, 5.41) is 2.62. The first kappa shape index (κ1) is 26.0. The molecule has 0 spiro atoms. The topological polar surface area (TPSA) is 114 Å². The SMILES string of the molecule is COC(=O)Nc1nc2ccc(C3(OC(=O)C(F)(F)F)c4ccccc4C(=O)N3Cc3ccccc3Cl)cc2[nH]1. The molecule has 0 radical (unpaired) electrons. The van der Waals surface area contributed by atoms with E-state index in [1.807, 2.05) is 0 Å². The largest absolute Gasteiger partial charge is 0.491 e. The summed E-state index contributed by atoms with van der Waals surface area (Å²) >= 11 is 6.33. The van der Waals surface area contributed by atoms with Crippen LogP contribution in [0, 0.1) is 0 Å². The van der Waals surface area contributed by atoms with Gasteiger partial charge in [-0.25, -0.2) is 14.6 Å². The van der Waals surface area contributed by atoms with Gasteiger partial charge < -0.3 is 14.5 Å². The van der Waals surface area contributed by atoms with Gasteiger partial charge in [0.2, 0.25) is 11.7 Å². The molecule has 3 aromatic carbocycles. The minimum Gasteiger partial charge on any atom is -0.453 e. The number of fused-ring (bicyclic) bond motifs is 2. The third-order valence-electron chi connectivity index (χ3n) is 6.18. The number of benzene rings is 3. The summed E-state index contributed by atoms with van der Waals surface area (Å²) in [5.74, 6) is -3.15. The quantitative estimate of drug-likeness (QED) is 0.319. The number of alkyl halides is 3. The van der Waals surface area contributed by atoms with Gasteiger partial charge in [-0.15, -0.1) is 0 Å². The summed E-state index contributed by atoms with van der Waals surface area (Å²) < 4.78 is 50.7. The van der Waals surface area contributed by atoms with Gasteiger partial charge in [0.15, 0.2) is 0 Å². The van der Waals surface area contributed by atoms with Crippen LogP contribution in [-0.2, 0) is 26.5 Å². The number of nitrogens with zero attached hydrogens (tertiary/aromatic N) is 2. The monoisotopic (exact) mass is 558 g/mol. The number of methoxy groups -OCH3 is 1. The van der Waals surface area contributed by atoms with E-state index in [0.29, 0.717) is 11.1 Å². The zero-order valence-corrected chi connectivity index (χ0v) is 20.8. The fraction of sp³-hybridized carbons (Fsp3) is 0.154. The first-order valence-corrected chi connectivity index (χ1v) is 11.7. The number of hydrogen-bond acceptors (Lipinski definition) is 6. The molecule has 0 fully saturated rings. The van der Waals surface area contributed by atoms with Gasteiger partial charge in [0.1, 0.15) is 0 Å². The predicted molar refractivity (Wildman–Crippen MR) is 133 cm³/mol. The molecule has 1 aromatic heterocycles. The van der Waals surface area contributed by atoms with Crippen LogP contribution >= 0.6 is 11.6 Å². The van der Waals surface area contributed by atoms with Gasteiger partial charge in [0, 0.05) is 21.7 Å². The highest BCUT2D eigenvalue weighted by atomic mass is 35.5. The molecule has 39 heavy (non-hydrogen) atoms. The predicted octanol–water partition coefficient (Wildman–Crippen LogP) is 5.36. The second kappa shape index (κ2) is 9.62. The molecule has 9 nitrogen and oxygen atoms in total. The number of nitrogens with one attached hydrogen (secondary N) is 2. The van der Waals surface area contributed by atoms with Crippen molar-refractivity contribution in [3.63, 3.8) is 0 Å². The first-order chi connectivity index (χ1) is 18.5. The van der Waals surface area contributed by atoms with Gasteiger partial charge >= 0.3 is 18.2 Å². The lowest BCUT2D eigenvalue weighted by Gasteiger charge is -2.39. The Bertz CT molecular complexity index is 1620. The lowest BCUT2D eigenvalue weighted by molar-refractivity contribution is -0.222. The molecular weight excluding hydrogens is 541 g/mol. The smallest absolute Gasteiger partial charge is 0.453 e. The molecule has 0 bridgehead atoms. The van der Waals surface area contributed by atoms with Crippen LogP contribution in [0.1, 0.15) is 27.0 Å². The molecule has 2 heterocycles. The van der Waals surface area contributed by atoms with E-state index in [1.165, 1.54) is 36.4 Å². The van der Waals surface area contributed by atoms with E-state index in [2.05, 4.69) is 20.0 Å². The Morgan fingerprint density at radius 2 is 1.82 bits per heavy atom. The van der Waals surface area contributed by atoms with E-state index in [4.69, 9.17) is 16.3 Å². The van der Waals surface area contributed by atoms with Crippen molar-refractivity contribution in [2.45, 2.75) is 18.4 Å². The van der Waals surface area contributed by atoms with Crippen LogP contribution < -0.4 is 5.32 Å². The fourth-order valence-electron chi connectivity index (χ4n) is 4.48. The van der Waals surface area contributed by atoms with Crippen molar-refractivity contribution in [2.75, 3.05) is 12.4 Å². The number of ether oxygens (including phenoxy) is 2. The highest BCUT2D eigenvalue weighted by molar-refractivity contribution is 6.31. The van der Waals surface area contributed by atoms with Crippen molar-refractivity contribution >= 4 is 46.6 Å². The van der Waals surface area contributed by atoms with E-state index in [0.717, 1.165) is 12.0 Å². The number of imidazole rings is 1. The highest BCUT2D eigenvalue weighted by Crippen LogP contribution is 2.48. The highest BCUT2D eigenvalue weighted by Gasteiger charge is 2.57. The van der Waals surface area contributed by atoms with Crippen molar-refractivity contribution < 1.29 is 37.0 Å². The Hall–Kier alpha value is -4.58. The number of aromatic nitrogens is 2. The summed E-state index contributed by atoms with van der Waals surface area (Å²) in [6, 6.07) is 16.7. The second-order valence-electron chi connectivity index (χ2n) is 8.49. The van der Waals surface area contributed by atoms with E-state index in [9.17, 15) is 27.6 Å². The van der Waals surface area contributed by atoms with Crippen molar-refractivity contribution in [2.24, 2.45) is 0 Å². The molecule has 0 saturated carbocycles. The molecule has 5 rings (SSSR count). The molecule has 1 atom stereocenters. The van der Waals surface area contributed by atoms with Crippen LogP contribution in [0.25, 0.3) is 11.0 Å². The minimum absolute atomic E-state index is 0.00570. The molecule has 0 aliphatic carbocycles. The molecule has 1 aliphatic rings. The first-order valence-electron chi connectivity index (χ1n) is 11.3. The molecule has 2 N–H and O–H groups in total. The van der Waals surface area contributed by atoms with Crippen molar-refractivity contribution in [1.82, 2.24) is 14.9 Å². The average molecular weight is 559 g/mol. The average Bonchev–Trinajstić information content (AvgIpc) is 3.41. The maximum atomic E-state index is 13.7. The number of H-pyrrole nitrogens is 1. The standard InChI is InChI=1S/C26H18ClF3N4O5/c1-38-24(37)33-23-31-19-11-10-15(12-20(19)32-23)25(39-22(36)26(28,29)30)17-8-4-3-7-16(17)21(35)34(25)13-14-6-2-5-9-18(14)27/h2-12H,13H2,1H3,(H2,31,32,33,37). The molecule has 1 unspecified atom stereocenters. The van der Waals surface area contributed by atoms with Gasteiger partial charge in [-0.2, -0.15) is 13.2 Å².